The average Bonchev–Trinajstić information content (AvgIpc) is 2.83. The molecule has 1 aliphatic rings. The molecule has 0 saturated carbocycles. The molecule has 0 aromatic heterocycles. The van der Waals surface area contributed by atoms with Gasteiger partial charge in [0.1, 0.15) is 0 Å². The summed E-state index contributed by atoms with van der Waals surface area (Å²) in [5.74, 6) is 0.0735. The molecule has 92 valence electrons. The van der Waals surface area contributed by atoms with E-state index in [1.807, 2.05) is 31.2 Å². The highest BCUT2D eigenvalue weighted by Crippen LogP contribution is 2.10. The lowest BCUT2D eigenvalue weighted by molar-refractivity contribution is -0.120. The van der Waals surface area contributed by atoms with Gasteiger partial charge in [0.15, 0.2) is 0 Å². The Labute approximate surface area is 102 Å². The van der Waals surface area contributed by atoms with Gasteiger partial charge in [-0.2, -0.15) is 0 Å². The summed E-state index contributed by atoms with van der Waals surface area (Å²) in [7, 11) is 0. The van der Waals surface area contributed by atoms with Gasteiger partial charge in [0.25, 0.3) is 0 Å². The van der Waals surface area contributed by atoms with E-state index in [1.165, 1.54) is 5.56 Å². The Hall–Kier alpha value is -1.35. The summed E-state index contributed by atoms with van der Waals surface area (Å²) in [5, 5.41) is 2.92. The summed E-state index contributed by atoms with van der Waals surface area (Å²) in [6.45, 7) is 3.52. The van der Waals surface area contributed by atoms with E-state index < -0.39 is 0 Å². The Morgan fingerprint density at radius 1 is 1.41 bits per heavy atom. The van der Waals surface area contributed by atoms with Crippen molar-refractivity contribution in [2.24, 2.45) is 0 Å². The van der Waals surface area contributed by atoms with E-state index >= 15 is 0 Å². The van der Waals surface area contributed by atoms with Crippen molar-refractivity contribution in [1.29, 1.82) is 0 Å². The molecule has 0 radical (unpaired) electrons. The highest BCUT2D eigenvalue weighted by molar-refractivity contribution is 5.78. The first kappa shape index (κ1) is 12.1. The maximum Gasteiger partial charge on any atom is 0.224 e. The van der Waals surface area contributed by atoms with Gasteiger partial charge in [-0.3, -0.25) is 4.79 Å². The van der Waals surface area contributed by atoms with Gasteiger partial charge in [-0.15, -0.1) is 0 Å². The number of rotatable bonds is 4. The summed E-state index contributed by atoms with van der Waals surface area (Å²) >= 11 is 0. The van der Waals surface area contributed by atoms with E-state index in [0.717, 1.165) is 25.0 Å². The second kappa shape index (κ2) is 5.82. The van der Waals surface area contributed by atoms with Crippen molar-refractivity contribution < 1.29 is 9.53 Å². The van der Waals surface area contributed by atoms with Gasteiger partial charge in [0.2, 0.25) is 5.91 Å². The number of carbonyl (C=O) groups is 1. The first-order valence-electron chi connectivity index (χ1n) is 6.18. The molecule has 17 heavy (non-hydrogen) atoms. The van der Waals surface area contributed by atoms with Crippen molar-refractivity contribution in [3.8, 4) is 0 Å². The van der Waals surface area contributed by atoms with Gasteiger partial charge >= 0.3 is 0 Å². The SMILES string of the molecule is Cc1ccc(CC(=O)NC[C@@H]2CCCO2)cc1. The number of hydrogen-bond acceptors (Lipinski definition) is 2. The Morgan fingerprint density at radius 3 is 2.82 bits per heavy atom. The third kappa shape index (κ3) is 3.86. The Balaban J connectivity index is 1.74. The molecular weight excluding hydrogens is 214 g/mol. The molecule has 3 nitrogen and oxygen atoms in total. The molecule has 1 N–H and O–H groups in total. The molecule has 0 aliphatic carbocycles. The molecule has 1 amide bonds. The van der Waals surface area contributed by atoms with Crippen molar-refractivity contribution in [2.75, 3.05) is 13.2 Å². The van der Waals surface area contributed by atoms with Crippen LogP contribution in [-0.2, 0) is 16.0 Å². The second-order valence-corrected chi connectivity index (χ2v) is 4.60. The lowest BCUT2D eigenvalue weighted by atomic mass is 10.1. The Kier molecular flexibility index (Phi) is 4.15. The maximum absolute atomic E-state index is 11.7. The third-order valence-corrected chi connectivity index (χ3v) is 3.04. The molecule has 1 aliphatic heterocycles. The van der Waals surface area contributed by atoms with Crippen LogP contribution in [0.2, 0.25) is 0 Å². The van der Waals surface area contributed by atoms with Crippen LogP contribution in [0, 0.1) is 6.92 Å². The molecule has 0 unspecified atom stereocenters. The smallest absolute Gasteiger partial charge is 0.224 e. The number of aryl methyl sites for hydroxylation is 1. The zero-order valence-corrected chi connectivity index (χ0v) is 10.2. The Bertz CT molecular complexity index is 366. The van der Waals surface area contributed by atoms with E-state index in [9.17, 15) is 4.79 Å². The number of amides is 1. The van der Waals surface area contributed by atoms with E-state index in [-0.39, 0.29) is 12.0 Å². The monoisotopic (exact) mass is 233 g/mol. The normalized spacial score (nSPS) is 19.2. The molecule has 3 heteroatoms. The molecule has 2 rings (SSSR count). The summed E-state index contributed by atoms with van der Waals surface area (Å²) in [4.78, 5) is 11.7. The highest BCUT2D eigenvalue weighted by Gasteiger charge is 2.15. The summed E-state index contributed by atoms with van der Waals surface area (Å²) < 4.78 is 5.45. The minimum Gasteiger partial charge on any atom is -0.376 e. The van der Waals surface area contributed by atoms with Crippen LogP contribution in [-0.4, -0.2) is 25.2 Å². The van der Waals surface area contributed by atoms with E-state index in [1.54, 1.807) is 0 Å². The number of benzene rings is 1. The van der Waals surface area contributed by atoms with Gasteiger partial charge in [-0.25, -0.2) is 0 Å². The average molecular weight is 233 g/mol. The molecule has 1 atom stereocenters. The van der Waals surface area contributed by atoms with Gasteiger partial charge in [-0.1, -0.05) is 29.8 Å². The molecule has 1 saturated heterocycles. The number of hydrogen-bond donors (Lipinski definition) is 1. The molecular formula is C14H19NO2. The van der Waals surface area contributed by atoms with Gasteiger partial charge in [0, 0.05) is 13.2 Å². The summed E-state index contributed by atoms with van der Waals surface area (Å²) in [5.41, 5.74) is 2.27. The largest absolute Gasteiger partial charge is 0.376 e. The zero-order valence-electron chi connectivity index (χ0n) is 10.2. The standard InChI is InChI=1S/C14H19NO2/c1-11-4-6-12(7-5-11)9-14(16)15-10-13-3-2-8-17-13/h4-7,13H,2-3,8-10H2,1H3,(H,15,16)/t13-/m0/s1. The predicted molar refractivity (Wildman–Crippen MR) is 66.9 cm³/mol. The van der Waals surface area contributed by atoms with Crippen molar-refractivity contribution >= 4 is 5.91 Å². The van der Waals surface area contributed by atoms with Crippen LogP contribution in [0.25, 0.3) is 0 Å². The molecule has 0 bridgehead atoms. The summed E-state index contributed by atoms with van der Waals surface area (Å²) in [6.07, 6.45) is 2.84. The fourth-order valence-electron chi connectivity index (χ4n) is 1.99. The maximum atomic E-state index is 11.7. The van der Waals surface area contributed by atoms with Crippen molar-refractivity contribution in [2.45, 2.75) is 32.3 Å². The van der Waals surface area contributed by atoms with Crippen LogP contribution in [0.15, 0.2) is 24.3 Å². The minimum absolute atomic E-state index is 0.0735. The van der Waals surface area contributed by atoms with E-state index in [4.69, 9.17) is 4.74 Å². The van der Waals surface area contributed by atoms with Crippen molar-refractivity contribution in [3.63, 3.8) is 0 Å². The quantitative estimate of drug-likeness (QED) is 0.861. The van der Waals surface area contributed by atoms with Crippen molar-refractivity contribution in [1.82, 2.24) is 5.32 Å². The van der Waals surface area contributed by atoms with Crippen LogP contribution in [0.3, 0.4) is 0 Å². The fourth-order valence-corrected chi connectivity index (χ4v) is 1.99. The van der Waals surface area contributed by atoms with Crippen LogP contribution in [0.5, 0.6) is 0 Å². The topological polar surface area (TPSA) is 38.3 Å². The van der Waals surface area contributed by atoms with Crippen LogP contribution >= 0.6 is 0 Å². The van der Waals surface area contributed by atoms with E-state index in [0.29, 0.717) is 13.0 Å². The highest BCUT2D eigenvalue weighted by atomic mass is 16.5. The van der Waals surface area contributed by atoms with Gasteiger partial charge < -0.3 is 10.1 Å². The number of ether oxygens (including phenoxy) is 1. The molecule has 1 fully saturated rings. The van der Waals surface area contributed by atoms with Gasteiger partial charge in [0.05, 0.1) is 12.5 Å². The van der Waals surface area contributed by atoms with E-state index in [2.05, 4.69) is 5.32 Å². The number of carbonyl (C=O) groups excluding carboxylic acids is 1. The van der Waals surface area contributed by atoms with Crippen LogP contribution < -0.4 is 5.32 Å². The van der Waals surface area contributed by atoms with Crippen LogP contribution in [0.4, 0.5) is 0 Å². The minimum atomic E-state index is 0.0735. The molecule has 0 spiro atoms. The third-order valence-electron chi connectivity index (χ3n) is 3.04. The first-order chi connectivity index (χ1) is 8.24. The zero-order chi connectivity index (χ0) is 12.1. The predicted octanol–water partition coefficient (Wildman–Crippen LogP) is 1.83. The molecule has 1 aromatic carbocycles. The lowest BCUT2D eigenvalue weighted by Gasteiger charge is -2.10. The molecule has 1 aromatic rings. The van der Waals surface area contributed by atoms with Gasteiger partial charge in [-0.05, 0) is 25.3 Å². The Morgan fingerprint density at radius 2 is 2.18 bits per heavy atom. The van der Waals surface area contributed by atoms with Crippen LogP contribution in [0.1, 0.15) is 24.0 Å². The second-order valence-electron chi connectivity index (χ2n) is 4.60. The van der Waals surface area contributed by atoms with Crippen molar-refractivity contribution in [3.05, 3.63) is 35.4 Å². The summed E-state index contributed by atoms with van der Waals surface area (Å²) in [6, 6.07) is 8.06. The first-order valence-corrected chi connectivity index (χ1v) is 6.18. The lowest BCUT2D eigenvalue weighted by Crippen LogP contribution is -2.32. The molecule has 1 heterocycles. The fraction of sp³-hybridized carbons (Fsp3) is 0.500. The number of nitrogens with one attached hydrogen (secondary N) is 1.